The number of allylic oxidation sites excluding steroid dienone is 2. The average molecular weight is 507 g/mol. The van der Waals surface area contributed by atoms with E-state index in [-0.39, 0.29) is 0 Å². The zero-order valence-corrected chi connectivity index (χ0v) is 20.4. The predicted molar refractivity (Wildman–Crippen MR) is 130 cm³/mol. The minimum Gasteiger partial charge on any atom is -0.344 e. The van der Waals surface area contributed by atoms with E-state index in [9.17, 15) is 8.42 Å². The molecule has 7 nitrogen and oxygen atoms in total. The van der Waals surface area contributed by atoms with Crippen molar-refractivity contribution >= 4 is 37.5 Å². The second kappa shape index (κ2) is 11.2. The molecule has 0 aliphatic rings. The summed E-state index contributed by atoms with van der Waals surface area (Å²) in [7, 11) is -4.08. The molecule has 1 atom stereocenters. The van der Waals surface area contributed by atoms with Gasteiger partial charge in [0.25, 0.3) is 10.1 Å². The summed E-state index contributed by atoms with van der Waals surface area (Å²) in [6.45, 7) is 7.31. The van der Waals surface area contributed by atoms with Gasteiger partial charge in [0.05, 0.1) is 16.4 Å². The summed E-state index contributed by atoms with van der Waals surface area (Å²) < 4.78 is 33.8. The number of benzene rings is 1. The Bertz CT molecular complexity index is 1170. The fourth-order valence-corrected chi connectivity index (χ4v) is 3.33. The molecule has 2 heterocycles. The number of nitrogens with zero attached hydrogens (tertiary/aromatic N) is 3. The van der Waals surface area contributed by atoms with E-state index in [2.05, 4.69) is 26.3 Å². The molecule has 0 radical (unpaired) electrons. The Hall–Kier alpha value is -2.49. The van der Waals surface area contributed by atoms with Crippen LogP contribution < -0.4 is 5.32 Å². The first-order chi connectivity index (χ1) is 14.8. The van der Waals surface area contributed by atoms with E-state index in [0.717, 1.165) is 27.2 Å². The van der Waals surface area contributed by atoms with Crippen molar-refractivity contribution in [1.82, 2.24) is 14.6 Å². The van der Waals surface area contributed by atoms with Gasteiger partial charge in [0.2, 0.25) is 0 Å². The quantitative estimate of drug-likeness (QED) is 0.314. The van der Waals surface area contributed by atoms with Crippen LogP contribution in [-0.2, 0) is 10.1 Å². The first-order valence-electron chi connectivity index (χ1n) is 9.94. The van der Waals surface area contributed by atoms with Crippen molar-refractivity contribution in [2.75, 3.05) is 5.32 Å². The summed E-state index contributed by atoms with van der Waals surface area (Å²) in [5.74, 6) is 0.726. The highest BCUT2D eigenvalue weighted by molar-refractivity contribution is 9.10. The largest absolute Gasteiger partial charge is 0.344 e. The molecule has 0 saturated heterocycles. The lowest BCUT2D eigenvalue weighted by molar-refractivity contribution is 0.477. The van der Waals surface area contributed by atoms with Crippen molar-refractivity contribution in [3.8, 4) is 11.3 Å². The zero-order chi connectivity index (χ0) is 23.0. The van der Waals surface area contributed by atoms with Gasteiger partial charge in [-0.05, 0) is 29.8 Å². The maximum absolute atomic E-state index is 11.1. The first-order valence-corrected chi connectivity index (χ1v) is 12.2. The third kappa shape index (κ3) is 6.49. The monoisotopic (exact) mass is 506 g/mol. The van der Waals surface area contributed by atoms with Crippen molar-refractivity contribution in [1.29, 1.82) is 0 Å². The van der Waals surface area contributed by atoms with Gasteiger partial charge in [-0.1, -0.05) is 62.4 Å². The van der Waals surface area contributed by atoms with Gasteiger partial charge in [0.1, 0.15) is 11.1 Å². The third-order valence-electron chi connectivity index (χ3n) is 4.35. The minimum atomic E-state index is -4.08. The molecule has 0 fully saturated rings. The van der Waals surface area contributed by atoms with E-state index in [1.165, 1.54) is 13.0 Å². The van der Waals surface area contributed by atoms with Crippen LogP contribution in [0.3, 0.4) is 0 Å². The van der Waals surface area contributed by atoms with Gasteiger partial charge in [-0.3, -0.25) is 4.55 Å². The third-order valence-corrected chi connectivity index (χ3v) is 6.01. The molecule has 1 unspecified atom stereocenters. The van der Waals surface area contributed by atoms with E-state index < -0.39 is 15.4 Å². The lowest BCUT2D eigenvalue weighted by atomic mass is 10.1. The molecule has 0 spiro atoms. The Labute approximate surface area is 191 Å². The Morgan fingerprint density at radius 3 is 2.58 bits per heavy atom. The number of hydrogen-bond acceptors (Lipinski definition) is 5. The van der Waals surface area contributed by atoms with Crippen LogP contribution in [0.15, 0.2) is 71.0 Å². The van der Waals surface area contributed by atoms with Crippen LogP contribution in [0.25, 0.3) is 16.9 Å². The molecule has 2 aromatic heterocycles. The van der Waals surface area contributed by atoms with Crippen LogP contribution in [0, 0.1) is 0 Å². The van der Waals surface area contributed by atoms with Gasteiger partial charge in [0.15, 0.2) is 5.65 Å². The standard InChI is InChI=1S/C20H21BrN4O3S.C2H6/c1-3-16(11-7-8-14(2)29(26,27)28)23-19-12-18(15-9-5-4-6-10-15)24-20-17(21)13-22-25(19)20;1-2/h3-10,12-14,23H,11H2,1-2H3,(H,26,27,28);1-2H3/b8-7-,16-3+;. The molecule has 0 aliphatic heterocycles. The summed E-state index contributed by atoms with van der Waals surface area (Å²) in [5.41, 5.74) is 3.31. The lowest BCUT2D eigenvalue weighted by Crippen LogP contribution is -2.13. The number of halogens is 1. The maximum atomic E-state index is 11.1. The van der Waals surface area contributed by atoms with Gasteiger partial charge < -0.3 is 5.32 Å². The van der Waals surface area contributed by atoms with Gasteiger partial charge >= 0.3 is 0 Å². The molecule has 0 amide bonds. The van der Waals surface area contributed by atoms with Gasteiger partial charge in [-0.15, -0.1) is 0 Å². The van der Waals surface area contributed by atoms with Crippen molar-refractivity contribution < 1.29 is 13.0 Å². The molecule has 3 rings (SSSR count). The molecule has 0 aliphatic carbocycles. The molecule has 0 saturated carbocycles. The molecule has 166 valence electrons. The normalized spacial score (nSPS) is 13.2. The van der Waals surface area contributed by atoms with E-state index >= 15 is 0 Å². The number of fused-ring (bicyclic) bond motifs is 1. The fourth-order valence-electron chi connectivity index (χ4n) is 2.67. The van der Waals surface area contributed by atoms with Crippen LogP contribution >= 0.6 is 15.9 Å². The van der Waals surface area contributed by atoms with Crippen molar-refractivity contribution in [3.05, 3.63) is 71.0 Å². The molecular formula is C22H27BrN4O3S. The molecule has 9 heteroatoms. The van der Waals surface area contributed by atoms with E-state index in [0.29, 0.717) is 12.1 Å². The molecule has 31 heavy (non-hydrogen) atoms. The second-order valence-corrected chi connectivity index (χ2v) is 9.04. The Balaban J connectivity index is 0.00000166. The first kappa shape index (κ1) is 24.8. The SMILES string of the molecule is C/C=C(\C/C=C\C(C)S(=O)(=O)O)Nc1cc(-c2ccccc2)nc2c(Br)cnn12.CC. The van der Waals surface area contributed by atoms with Gasteiger partial charge in [0, 0.05) is 23.7 Å². The van der Waals surface area contributed by atoms with Crippen LogP contribution in [0.2, 0.25) is 0 Å². The molecule has 1 aromatic carbocycles. The minimum absolute atomic E-state index is 0.462. The highest BCUT2D eigenvalue weighted by Crippen LogP contribution is 2.26. The van der Waals surface area contributed by atoms with Crippen molar-refractivity contribution in [3.63, 3.8) is 0 Å². The molecule has 0 bridgehead atoms. The van der Waals surface area contributed by atoms with E-state index in [4.69, 9.17) is 9.54 Å². The number of hydrogen-bond donors (Lipinski definition) is 2. The summed E-state index contributed by atoms with van der Waals surface area (Å²) in [6.07, 6.45) is 7.21. The summed E-state index contributed by atoms with van der Waals surface area (Å²) in [6, 6.07) is 11.8. The highest BCUT2D eigenvalue weighted by Gasteiger charge is 2.14. The topological polar surface area (TPSA) is 96.6 Å². The van der Waals surface area contributed by atoms with Crippen LogP contribution in [-0.4, -0.2) is 32.8 Å². The Morgan fingerprint density at radius 1 is 1.29 bits per heavy atom. The number of anilines is 1. The number of rotatable bonds is 7. The highest BCUT2D eigenvalue weighted by atomic mass is 79.9. The number of nitrogens with one attached hydrogen (secondary N) is 1. The zero-order valence-electron chi connectivity index (χ0n) is 17.9. The van der Waals surface area contributed by atoms with Crippen molar-refractivity contribution in [2.24, 2.45) is 0 Å². The molecule has 3 aromatic rings. The Morgan fingerprint density at radius 2 is 1.97 bits per heavy atom. The van der Waals surface area contributed by atoms with Crippen LogP contribution in [0.1, 0.15) is 34.1 Å². The van der Waals surface area contributed by atoms with E-state index in [1.807, 2.05) is 63.2 Å². The number of aromatic nitrogens is 3. The maximum Gasteiger partial charge on any atom is 0.271 e. The molecular weight excluding hydrogens is 480 g/mol. The predicted octanol–water partition coefficient (Wildman–Crippen LogP) is 5.72. The molecule has 2 N–H and O–H groups in total. The van der Waals surface area contributed by atoms with Gasteiger partial charge in [-0.25, -0.2) is 4.98 Å². The second-order valence-electron chi connectivity index (χ2n) is 6.41. The van der Waals surface area contributed by atoms with Crippen molar-refractivity contribution in [2.45, 2.75) is 39.4 Å². The van der Waals surface area contributed by atoms with Crippen LogP contribution in [0.5, 0.6) is 0 Å². The van der Waals surface area contributed by atoms with Crippen LogP contribution in [0.4, 0.5) is 5.82 Å². The average Bonchev–Trinajstić information content (AvgIpc) is 3.15. The Kier molecular flexibility index (Phi) is 8.97. The van der Waals surface area contributed by atoms with Gasteiger partial charge in [-0.2, -0.15) is 18.0 Å². The lowest BCUT2D eigenvalue weighted by Gasteiger charge is -2.13. The summed E-state index contributed by atoms with van der Waals surface area (Å²) in [4.78, 5) is 4.70. The van der Waals surface area contributed by atoms with E-state index in [1.54, 1.807) is 16.8 Å². The fraction of sp³-hybridized carbons (Fsp3) is 0.273. The smallest absolute Gasteiger partial charge is 0.271 e. The summed E-state index contributed by atoms with van der Waals surface area (Å²) >= 11 is 3.49. The summed E-state index contributed by atoms with van der Waals surface area (Å²) in [5, 5.41) is 6.76.